The summed E-state index contributed by atoms with van der Waals surface area (Å²) in [6.07, 6.45) is 0.646. The molecule has 96 valence electrons. The molecular weight excluding hydrogens is 232 g/mol. The van der Waals surface area contributed by atoms with Crippen LogP contribution in [-0.4, -0.2) is 35.5 Å². The predicted octanol–water partition coefficient (Wildman–Crippen LogP) is 1.40. The lowest BCUT2D eigenvalue weighted by Gasteiger charge is -2.18. The van der Waals surface area contributed by atoms with Crippen LogP contribution in [0, 0.1) is 0 Å². The highest BCUT2D eigenvalue weighted by Gasteiger charge is 2.52. The van der Waals surface area contributed by atoms with Crippen molar-refractivity contribution in [2.45, 2.75) is 25.9 Å². The van der Waals surface area contributed by atoms with E-state index in [1.165, 1.54) is 0 Å². The summed E-state index contributed by atoms with van der Waals surface area (Å²) in [5.74, 6) is -1.08. The van der Waals surface area contributed by atoms with Crippen molar-refractivity contribution < 1.29 is 19.4 Å². The van der Waals surface area contributed by atoms with E-state index in [4.69, 9.17) is 4.74 Å². The Hall–Kier alpha value is -1.52. The SMILES string of the molecule is CCOCC1(O)C(=O)c2cccc(CC)c2C1=O. The average molecular weight is 248 g/mol. The molecule has 2 rings (SSSR count). The number of benzene rings is 1. The van der Waals surface area contributed by atoms with Gasteiger partial charge in [0.05, 0.1) is 6.61 Å². The number of carbonyl (C=O) groups excluding carboxylic acids is 2. The molecule has 0 aromatic heterocycles. The zero-order chi connectivity index (χ0) is 13.3. The summed E-state index contributed by atoms with van der Waals surface area (Å²) in [6, 6.07) is 5.12. The van der Waals surface area contributed by atoms with Crippen LogP contribution in [0.25, 0.3) is 0 Å². The minimum Gasteiger partial charge on any atom is -0.378 e. The molecule has 1 aliphatic carbocycles. The molecule has 0 radical (unpaired) electrons. The van der Waals surface area contributed by atoms with Gasteiger partial charge in [-0.05, 0) is 18.9 Å². The van der Waals surface area contributed by atoms with Gasteiger partial charge in [-0.15, -0.1) is 0 Å². The molecule has 4 nitrogen and oxygen atoms in total. The van der Waals surface area contributed by atoms with Crippen molar-refractivity contribution >= 4 is 11.6 Å². The van der Waals surface area contributed by atoms with Crippen LogP contribution in [0.1, 0.15) is 40.1 Å². The summed E-state index contributed by atoms with van der Waals surface area (Å²) >= 11 is 0. The molecule has 0 fully saturated rings. The van der Waals surface area contributed by atoms with Crippen LogP contribution in [0.2, 0.25) is 0 Å². The minimum atomic E-state index is -2.04. The summed E-state index contributed by atoms with van der Waals surface area (Å²) in [4.78, 5) is 24.4. The van der Waals surface area contributed by atoms with E-state index in [9.17, 15) is 14.7 Å². The van der Waals surface area contributed by atoms with E-state index in [-0.39, 0.29) is 6.61 Å². The highest BCUT2D eigenvalue weighted by molar-refractivity contribution is 6.32. The first kappa shape index (κ1) is 12.9. The monoisotopic (exact) mass is 248 g/mol. The van der Waals surface area contributed by atoms with Gasteiger partial charge in [0.2, 0.25) is 17.2 Å². The van der Waals surface area contributed by atoms with Gasteiger partial charge in [-0.3, -0.25) is 9.59 Å². The van der Waals surface area contributed by atoms with Gasteiger partial charge in [-0.1, -0.05) is 25.1 Å². The quantitative estimate of drug-likeness (QED) is 0.818. The molecule has 0 bridgehead atoms. The Balaban J connectivity index is 2.50. The topological polar surface area (TPSA) is 63.6 Å². The van der Waals surface area contributed by atoms with Crippen LogP contribution in [0.4, 0.5) is 0 Å². The van der Waals surface area contributed by atoms with E-state index in [1.54, 1.807) is 25.1 Å². The molecule has 0 spiro atoms. The lowest BCUT2D eigenvalue weighted by Crippen LogP contribution is -2.45. The maximum Gasteiger partial charge on any atom is 0.214 e. The first-order valence-corrected chi connectivity index (χ1v) is 6.07. The molecule has 1 aliphatic rings. The van der Waals surface area contributed by atoms with Crippen LogP contribution in [0.5, 0.6) is 0 Å². The fraction of sp³-hybridized carbons (Fsp3) is 0.429. The number of ketones is 2. The van der Waals surface area contributed by atoms with Crippen molar-refractivity contribution in [1.29, 1.82) is 0 Å². The van der Waals surface area contributed by atoms with Crippen LogP contribution in [0.15, 0.2) is 18.2 Å². The van der Waals surface area contributed by atoms with Crippen molar-refractivity contribution in [3.63, 3.8) is 0 Å². The Kier molecular flexibility index (Phi) is 3.32. The zero-order valence-electron chi connectivity index (χ0n) is 10.5. The number of hydrogen-bond donors (Lipinski definition) is 1. The van der Waals surface area contributed by atoms with Crippen molar-refractivity contribution in [1.82, 2.24) is 0 Å². The summed E-state index contributed by atoms with van der Waals surface area (Å²) in [5, 5.41) is 10.3. The fourth-order valence-electron chi connectivity index (χ4n) is 2.27. The maximum atomic E-state index is 12.3. The van der Waals surface area contributed by atoms with E-state index in [0.29, 0.717) is 24.2 Å². The van der Waals surface area contributed by atoms with Crippen LogP contribution in [-0.2, 0) is 11.2 Å². The third-order valence-electron chi connectivity index (χ3n) is 3.27. The second kappa shape index (κ2) is 4.63. The van der Waals surface area contributed by atoms with E-state index in [1.807, 2.05) is 6.92 Å². The van der Waals surface area contributed by atoms with Gasteiger partial charge in [0.15, 0.2) is 0 Å². The standard InChI is InChI=1S/C14H16O4/c1-3-9-6-5-7-10-11(9)13(16)14(17,12(10)15)8-18-4-2/h5-7,17H,3-4,8H2,1-2H3. The first-order valence-electron chi connectivity index (χ1n) is 6.07. The van der Waals surface area contributed by atoms with Crippen molar-refractivity contribution in [3.05, 3.63) is 34.9 Å². The molecule has 0 aliphatic heterocycles. The molecule has 1 aromatic rings. The maximum absolute atomic E-state index is 12.3. The molecule has 1 atom stereocenters. The number of rotatable bonds is 4. The first-order chi connectivity index (χ1) is 8.56. The molecule has 1 N–H and O–H groups in total. The highest BCUT2D eigenvalue weighted by atomic mass is 16.5. The number of ether oxygens (including phenoxy) is 1. The van der Waals surface area contributed by atoms with Crippen molar-refractivity contribution in [2.75, 3.05) is 13.2 Å². The van der Waals surface area contributed by atoms with E-state index < -0.39 is 17.2 Å². The number of aliphatic hydroxyl groups is 1. The van der Waals surface area contributed by atoms with Crippen LogP contribution >= 0.6 is 0 Å². The molecule has 4 heteroatoms. The van der Waals surface area contributed by atoms with Gasteiger partial charge in [0.1, 0.15) is 0 Å². The molecule has 0 saturated heterocycles. The third-order valence-corrected chi connectivity index (χ3v) is 3.27. The lowest BCUT2D eigenvalue weighted by atomic mass is 9.97. The number of hydrogen-bond acceptors (Lipinski definition) is 4. The van der Waals surface area contributed by atoms with Gasteiger partial charge >= 0.3 is 0 Å². The Morgan fingerprint density at radius 2 is 1.94 bits per heavy atom. The van der Waals surface area contributed by atoms with Gasteiger partial charge in [0.25, 0.3) is 0 Å². The van der Waals surface area contributed by atoms with Gasteiger partial charge in [-0.2, -0.15) is 0 Å². The number of Topliss-reactive ketones (excluding diaryl/α,β-unsaturated/α-hetero) is 2. The normalized spacial score (nSPS) is 22.4. The fourth-order valence-corrected chi connectivity index (χ4v) is 2.27. The van der Waals surface area contributed by atoms with Gasteiger partial charge in [0, 0.05) is 17.7 Å². The Morgan fingerprint density at radius 1 is 1.22 bits per heavy atom. The van der Waals surface area contributed by atoms with Gasteiger partial charge < -0.3 is 9.84 Å². The lowest BCUT2D eigenvalue weighted by molar-refractivity contribution is -0.0103. The van der Waals surface area contributed by atoms with Gasteiger partial charge in [-0.25, -0.2) is 0 Å². The summed E-state index contributed by atoms with van der Waals surface area (Å²) in [5.41, 5.74) is -0.587. The summed E-state index contributed by atoms with van der Waals surface area (Å²) in [7, 11) is 0. The minimum absolute atomic E-state index is 0.279. The smallest absolute Gasteiger partial charge is 0.214 e. The molecule has 0 heterocycles. The second-order valence-corrected chi connectivity index (χ2v) is 4.35. The molecular formula is C14H16O4. The number of fused-ring (bicyclic) bond motifs is 1. The van der Waals surface area contributed by atoms with Crippen molar-refractivity contribution in [2.24, 2.45) is 0 Å². The Labute approximate surface area is 106 Å². The highest BCUT2D eigenvalue weighted by Crippen LogP contribution is 2.33. The Morgan fingerprint density at radius 3 is 2.56 bits per heavy atom. The predicted molar refractivity (Wildman–Crippen MR) is 65.9 cm³/mol. The average Bonchev–Trinajstić information content (AvgIpc) is 2.59. The van der Waals surface area contributed by atoms with Crippen molar-refractivity contribution in [3.8, 4) is 0 Å². The largest absolute Gasteiger partial charge is 0.378 e. The summed E-state index contributed by atoms with van der Waals surface area (Å²) in [6.45, 7) is 3.73. The molecule has 18 heavy (non-hydrogen) atoms. The molecule has 0 saturated carbocycles. The third kappa shape index (κ3) is 1.69. The van der Waals surface area contributed by atoms with Crippen LogP contribution in [0.3, 0.4) is 0 Å². The zero-order valence-corrected chi connectivity index (χ0v) is 10.5. The van der Waals surface area contributed by atoms with E-state index >= 15 is 0 Å². The molecule has 0 amide bonds. The van der Waals surface area contributed by atoms with E-state index in [0.717, 1.165) is 5.56 Å². The number of aryl methyl sites for hydroxylation is 1. The number of carbonyl (C=O) groups is 2. The molecule has 1 unspecified atom stereocenters. The Bertz CT molecular complexity index is 507. The van der Waals surface area contributed by atoms with Crippen LogP contribution < -0.4 is 0 Å². The summed E-state index contributed by atoms with van der Waals surface area (Å²) < 4.78 is 5.07. The second-order valence-electron chi connectivity index (χ2n) is 4.35. The van der Waals surface area contributed by atoms with E-state index in [2.05, 4.69) is 0 Å². The molecule has 1 aromatic carbocycles.